The van der Waals surface area contributed by atoms with E-state index in [2.05, 4.69) is 4.98 Å². The monoisotopic (exact) mass is 286 g/mol. The average molecular weight is 286 g/mol. The first-order valence-corrected chi connectivity index (χ1v) is 6.79. The highest BCUT2D eigenvalue weighted by Gasteiger charge is 2.35. The van der Waals surface area contributed by atoms with Crippen molar-refractivity contribution in [3.63, 3.8) is 0 Å². The third kappa shape index (κ3) is 2.78. The van der Waals surface area contributed by atoms with Gasteiger partial charge in [-0.2, -0.15) is 0 Å². The molecular formula is C16H15FN2O2. The highest BCUT2D eigenvalue weighted by Crippen LogP contribution is 2.33. The van der Waals surface area contributed by atoms with Crippen LogP contribution in [0.25, 0.3) is 0 Å². The zero-order chi connectivity index (χ0) is 14.8. The van der Waals surface area contributed by atoms with Gasteiger partial charge in [-0.1, -0.05) is 12.1 Å². The first-order chi connectivity index (χ1) is 10.1. The Labute approximate surface area is 121 Å². The number of halogens is 1. The fraction of sp³-hybridized carbons (Fsp3) is 0.250. The Hall–Kier alpha value is -2.27. The number of benzene rings is 1. The van der Waals surface area contributed by atoms with Crippen molar-refractivity contribution in [1.82, 2.24) is 9.88 Å². The van der Waals surface area contributed by atoms with E-state index in [-0.39, 0.29) is 24.3 Å². The number of carbonyl (C=O) groups excluding carboxylic acids is 1. The molecule has 1 fully saturated rings. The number of rotatable bonds is 2. The fourth-order valence-electron chi connectivity index (χ4n) is 2.73. The van der Waals surface area contributed by atoms with Crippen LogP contribution in [0.1, 0.15) is 28.4 Å². The van der Waals surface area contributed by atoms with Crippen LogP contribution in [-0.4, -0.2) is 33.5 Å². The second kappa shape index (κ2) is 5.61. The van der Waals surface area contributed by atoms with E-state index in [1.165, 1.54) is 12.1 Å². The number of aromatic nitrogens is 1. The van der Waals surface area contributed by atoms with Crippen molar-refractivity contribution >= 4 is 5.91 Å². The van der Waals surface area contributed by atoms with Gasteiger partial charge >= 0.3 is 0 Å². The predicted molar refractivity (Wildman–Crippen MR) is 75.0 cm³/mol. The van der Waals surface area contributed by atoms with E-state index in [9.17, 15) is 14.3 Å². The van der Waals surface area contributed by atoms with Gasteiger partial charge in [0.1, 0.15) is 5.82 Å². The van der Waals surface area contributed by atoms with E-state index < -0.39 is 6.10 Å². The second-order valence-electron chi connectivity index (χ2n) is 5.15. The third-order valence-corrected chi connectivity index (χ3v) is 3.70. The zero-order valence-electron chi connectivity index (χ0n) is 11.3. The molecule has 1 aromatic carbocycles. The molecule has 0 bridgehead atoms. The summed E-state index contributed by atoms with van der Waals surface area (Å²) >= 11 is 0. The van der Waals surface area contributed by atoms with Crippen LogP contribution in [0, 0.1) is 5.82 Å². The number of aliphatic hydroxyl groups is 1. The van der Waals surface area contributed by atoms with E-state index in [1.807, 2.05) is 0 Å². The quantitative estimate of drug-likeness (QED) is 0.920. The summed E-state index contributed by atoms with van der Waals surface area (Å²) in [6.07, 6.45) is 2.93. The molecule has 2 heterocycles. The SMILES string of the molecule is O=C(c1ccncc1)N1C[C@H](O)C[C@@H]1c1cccc(F)c1. The molecule has 0 aliphatic carbocycles. The summed E-state index contributed by atoms with van der Waals surface area (Å²) in [6.45, 7) is 0.252. The van der Waals surface area contributed by atoms with Gasteiger partial charge in [0.2, 0.25) is 0 Å². The highest BCUT2D eigenvalue weighted by molar-refractivity contribution is 5.94. The summed E-state index contributed by atoms with van der Waals surface area (Å²) in [5, 5.41) is 9.90. The lowest BCUT2D eigenvalue weighted by Crippen LogP contribution is -2.31. The molecule has 108 valence electrons. The van der Waals surface area contributed by atoms with Crippen LogP contribution in [0.4, 0.5) is 4.39 Å². The number of pyridine rings is 1. The number of carbonyl (C=O) groups is 1. The molecule has 0 radical (unpaired) electrons. The first kappa shape index (κ1) is 13.7. The minimum Gasteiger partial charge on any atom is -0.391 e. The van der Waals surface area contributed by atoms with Crippen molar-refractivity contribution in [3.8, 4) is 0 Å². The number of β-amino-alcohol motifs (C(OH)–C–C–N with tert-alkyl or cyclic N) is 1. The lowest BCUT2D eigenvalue weighted by atomic mass is 10.0. The van der Waals surface area contributed by atoms with Crippen LogP contribution in [0.3, 0.4) is 0 Å². The van der Waals surface area contributed by atoms with Gasteiger partial charge in [-0.05, 0) is 36.2 Å². The number of amides is 1. The topological polar surface area (TPSA) is 53.4 Å². The number of nitrogens with zero attached hydrogens (tertiary/aromatic N) is 2. The molecule has 1 amide bonds. The van der Waals surface area contributed by atoms with E-state index in [0.29, 0.717) is 17.5 Å². The maximum atomic E-state index is 13.4. The Morgan fingerprint density at radius 3 is 2.76 bits per heavy atom. The Balaban J connectivity index is 1.91. The number of likely N-dealkylation sites (tertiary alicyclic amines) is 1. The molecule has 5 heteroatoms. The van der Waals surface area contributed by atoms with Crippen molar-refractivity contribution in [2.75, 3.05) is 6.54 Å². The largest absolute Gasteiger partial charge is 0.391 e. The maximum absolute atomic E-state index is 13.4. The van der Waals surface area contributed by atoms with Crippen LogP contribution >= 0.6 is 0 Å². The summed E-state index contributed by atoms with van der Waals surface area (Å²) < 4.78 is 13.4. The molecule has 1 aromatic heterocycles. The van der Waals surface area contributed by atoms with E-state index in [0.717, 1.165) is 0 Å². The Kier molecular flexibility index (Phi) is 3.66. The highest BCUT2D eigenvalue weighted by atomic mass is 19.1. The Bertz CT molecular complexity index is 648. The minimum atomic E-state index is -0.593. The van der Waals surface area contributed by atoms with Crippen molar-refractivity contribution in [2.45, 2.75) is 18.6 Å². The van der Waals surface area contributed by atoms with Crippen molar-refractivity contribution in [2.24, 2.45) is 0 Å². The lowest BCUT2D eigenvalue weighted by molar-refractivity contribution is 0.0715. The van der Waals surface area contributed by atoms with Gasteiger partial charge < -0.3 is 10.0 Å². The normalized spacial score (nSPS) is 21.5. The molecule has 21 heavy (non-hydrogen) atoms. The minimum absolute atomic E-state index is 0.178. The van der Waals surface area contributed by atoms with Gasteiger partial charge in [-0.15, -0.1) is 0 Å². The van der Waals surface area contributed by atoms with Gasteiger partial charge in [-0.25, -0.2) is 4.39 Å². The smallest absolute Gasteiger partial charge is 0.254 e. The Morgan fingerprint density at radius 2 is 2.05 bits per heavy atom. The molecule has 1 aliphatic rings. The average Bonchev–Trinajstić information content (AvgIpc) is 2.89. The summed E-state index contributed by atoms with van der Waals surface area (Å²) in [4.78, 5) is 18.0. The van der Waals surface area contributed by atoms with Gasteiger partial charge in [0.05, 0.1) is 12.1 Å². The summed E-state index contributed by atoms with van der Waals surface area (Å²) in [5.74, 6) is -0.520. The second-order valence-corrected chi connectivity index (χ2v) is 5.15. The van der Waals surface area contributed by atoms with Crippen LogP contribution in [-0.2, 0) is 0 Å². The van der Waals surface area contributed by atoms with E-state index in [1.54, 1.807) is 41.6 Å². The zero-order valence-corrected chi connectivity index (χ0v) is 11.3. The Morgan fingerprint density at radius 1 is 1.29 bits per heavy atom. The van der Waals surface area contributed by atoms with Crippen LogP contribution < -0.4 is 0 Å². The molecule has 2 aromatic rings. The van der Waals surface area contributed by atoms with Gasteiger partial charge in [0.15, 0.2) is 0 Å². The third-order valence-electron chi connectivity index (χ3n) is 3.70. The molecule has 1 saturated heterocycles. The standard InChI is InChI=1S/C16H15FN2O2/c17-13-3-1-2-12(8-13)15-9-14(20)10-19(15)16(21)11-4-6-18-7-5-11/h1-8,14-15,20H,9-10H2/t14-,15-/m1/s1. The summed E-state index contributed by atoms with van der Waals surface area (Å²) in [7, 11) is 0. The van der Waals surface area contributed by atoms with Gasteiger partial charge in [0.25, 0.3) is 5.91 Å². The summed E-state index contributed by atoms with van der Waals surface area (Å²) in [6, 6.07) is 9.13. The molecule has 0 unspecified atom stereocenters. The molecular weight excluding hydrogens is 271 g/mol. The summed E-state index contributed by atoms with van der Waals surface area (Å²) in [5.41, 5.74) is 1.22. The molecule has 4 nitrogen and oxygen atoms in total. The molecule has 0 spiro atoms. The maximum Gasteiger partial charge on any atom is 0.254 e. The number of hydrogen-bond donors (Lipinski definition) is 1. The van der Waals surface area contributed by atoms with Crippen LogP contribution in [0.15, 0.2) is 48.8 Å². The van der Waals surface area contributed by atoms with Crippen LogP contribution in [0.2, 0.25) is 0 Å². The van der Waals surface area contributed by atoms with E-state index >= 15 is 0 Å². The van der Waals surface area contributed by atoms with Crippen molar-refractivity contribution in [3.05, 3.63) is 65.7 Å². The van der Waals surface area contributed by atoms with Crippen molar-refractivity contribution in [1.29, 1.82) is 0 Å². The molecule has 0 saturated carbocycles. The van der Waals surface area contributed by atoms with Crippen molar-refractivity contribution < 1.29 is 14.3 Å². The fourth-order valence-corrected chi connectivity index (χ4v) is 2.73. The molecule has 2 atom stereocenters. The van der Waals surface area contributed by atoms with E-state index in [4.69, 9.17) is 0 Å². The van der Waals surface area contributed by atoms with Gasteiger partial charge in [-0.3, -0.25) is 9.78 Å². The molecule has 3 rings (SSSR count). The number of aliphatic hydroxyl groups excluding tert-OH is 1. The lowest BCUT2D eigenvalue weighted by Gasteiger charge is -2.24. The number of hydrogen-bond acceptors (Lipinski definition) is 3. The molecule has 1 N–H and O–H groups in total. The first-order valence-electron chi connectivity index (χ1n) is 6.79. The predicted octanol–water partition coefficient (Wildman–Crippen LogP) is 2.17. The van der Waals surface area contributed by atoms with Crippen LogP contribution in [0.5, 0.6) is 0 Å². The molecule has 1 aliphatic heterocycles. The van der Waals surface area contributed by atoms with Gasteiger partial charge in [0, 0.05) is 24.5 Å².